The summed E-state index contributed by atoms with van der Waals surface area (Å²) in [6, 6.07) is 0. The summed E-state index contributed by atoms with van der Waals surface area (Å²) in [5, 5.41) is 3.86. The molecule has 44 valence electrons. The molecule has 0 saturated carbocycles. The Hall–Kier alpha value is -0.440. The molecule has 1 aromatic heterocycles. The van der Waals surface area contributed by atoms with Gasteiger partial charge in [0.15, 0.2) is 0 Å². The molecule has 0 aliphatic carbocycles. The Kier molecular flexibility index (Phi) is 1.58. The maximum Gasteiger partial charge on any atom is 0.0756 e. The molecule has 0 aliphatic heterocycles. The van der Waals surface area contributed by atoms with Crippen LogP contribution in [-0.2, 0) is 6.42 Å². The SMILES string of the molecule is CCc1snnc1C. The van der Waals surface area contributed by atoms with E-state index in [-0.39, 0.29) is 0 Å². The van der Waals surface area contributed by atoms with Crippen molar-refractivity contribution in [3.63, 3.8) is 0 Å². The predicted molar refractivity (Wildman–Crippen MR) is 34.0 cm³/mol. The van der Waals surface area contributed by atoms with Gasteiger partial charge in [-0.05, 0) is 24.9 Å². The number of aryl methyl sites for hydroxylation is 2. The van der Waals surface area contributed by atoms with Crippen LogP contribution in [-0.4, -0.2) is 9.59 Å². The second-order valence-corrected chi connectivity index (χ2v) is 2.47. The second kappa shape index (κ2) is 2.22. The van der Waals surface area contributed by atoms with Crippen molar-refractivity contribution in [1.82, 2.24) is 9.59 Å². The van der Waals surface area contributed by atoms with Crippen molar-refractivity contribution in [1.29, 1.82) is 0 Å². The lowest BCUT2D eigenvalue weighted by Gasteiger charge is -1.83. The molecule has 0 amide bonds. The highest BCUT2D eigenvalue weighted by atomic mass is 32.1. The molecule has 8 heavy (non-hydrogen) atoms. The zero-order valence-corrected chi connectivity index (χ0v) is 5.83. The van der Waals surface area contributed by atoms with Gasteiger partial charge in [-0.25, -0.2) is 0 Å². The third-order valence-electron chi connectivity index (χ3n) is 1.07. The topological polar surface area (TPSA) is 25.8 Å². The molecule has 0 radical (unpaired) electrons. The van der Waals surface area contributed by atoms with E-state index >= 15 is 0 Å². The summed E-state index contributed by atoms with van der Waals surface area (Å²) in [6.45, 7) is 4.10. The smallest absolute Gasteiger partial charge is 0.0756 e. The van der Waals surface area contributed by atoms with Gasteiger partial charge in [0.25, 0.3) is 0 Å². The summed E-state index contributed by atoms with van der Waals surface area (Å²) >= 11 is 1.49. The molecule has 0 unspecified atom stereocenters. The van der Waals surface area contributed by atoms with Crippen molar-refractivity contribution in [3.8, 4) is 0 Å². The molecule has 0 aliphatic rings. The van der Waals surface area contributed by atoms with Crippen LogP contribution in [0.3, 0.4) is 0 Å². The molecule has 1 heterocycles. The van der Waals surface area contributed by atoms with Crippen molar-refractivity contribution in [2.45, 2.75) is 20.3 Å². The molecule has 2 nitrogen and oxygen atoms in total. The molecule has 0 bridgehead atoms. The Balaban J connectivity index is 2.92. The molecule has 0 spiro atoms. The van der Waals surface area contributed by atoms with E-state index in [2.05, 4.69) is 16.5 Å². The molecule has 0 fully saturated rings. The Bertz CT molecular complexity index is 171. The molecule has 0 atom stereocenters. The minimum atomic E-state index is 1.06. The first kappa shape index (κ1) is 5.69. The normalized spacial score (nSPS) is 9.75. The van der Waals surface area contributed by atoms with Gasteiger partial charge in [-0.3, -0.25) is 0 Å². The van der Waals surface area contributed by atoms with Crippen LogP contribution in [0.4, 0.5) is 0 Å². The highest BCUT2D eigenvalue weighted by Crippen LogP contribution is 2.07. The number of rotatable bonds is 1. The van der Waals surface area contributed by atoms with Gasteiger partial charge in [0.1, 0.15) is 0 Å². The maximum absolute atomic E-state index is 3.86. The van der Waals surface area contributed by atoms with Crippen LogP contribution in [0.2, 0.25) is 0 Å². The average molecular weight is 128 g/mol. The number of nitrogens with zero attached hydrogens (tertiary/aromatic N) is 2. The van der Waals surface area contributed by atoms with Crippen LogP contribution in [0.5, 0.6) is 0 Å². The fourth-order valence-electron chi connectivity index (χ4n) is 0.573. The summed E-state index contributed by atoms with van der Waals surface area (Å²) in [5.41, 5.74) is 1.08. The monoisotopic (exact) mass is 128 g/mol. The first-order valence-electron chi connectivity index (χ1n) is 2.62. The third kappa shape index (κ3) is 0.865. The van der Waals surface area contributed by atoms with E-state index in [4.69, 9.17) is 0 Å². The average Bonchev–Trinajstić information content (AvgIpc) is 2.14. The zero-order chi connectivity index (χ0) is 5.98. The van der Waals surface area contributed by atoms with Crippen molar-refractivity contribution < 1.29 is 0 Å². The molecule has 0 saturated heterocycles. The number of aromatic nitrogens is 2. The second-order valence-electron chi connectivity index (χ2n) is 1.64. The van der Waals surface area contributed by atoms with Gasteiger partial charge in [-0.15, -0.1) is 5.10 Å². The summed E-state index contributed by atoms with van der Waals surface area (Å²) < 4.78 is 3.78. The molecule has 0 N–H and O–H groups in total. The first-order chi connectivity index (χ1) is 3.84. The van der Waals surface area contributed by atoms with Crippen LogP contribution in [0.1, 0.15) is 17.5 Å². The van der Waals surface area contributed by atoms with E-state index in [1.807, 2.05) is 6.92 Å². The largest absolute Gasteiger partial charge is 0.143 e. The van der Waals surface area contributed by atoms with Gasteiger partial charge < -0.3 is 0 Å². The highest BCUT2D eigenvalue weighted by molar-refractivity contribution is 7.05. The Morgan fingerprint density at radius 1 is 1.62 bits per heavy atom. The predicted octanol–water partition coefficient (Wildman–Crippen LogP) is 1.41. The molecule has 1 aromatic rings. The van der Waals surface area contributed by atoms with E-state index in [9.17, 15) is 0 Å². The Labute approximate surface area is 52.7 Å². The summed E-state index contributed by atoms with van der Waals surface area (Å²) in [5.74, 6) is 0. The standard InChI is InChI=1S/C5H8N2S/c1-3-5-4(2)6-7-8-5/h3H2,1-2H3. The van der Waals surface area contributed by atoms with E-state index in [0.717, 1.165) is 12.1 Å². The number of hydrogen-bond donors (Lipinski definition) is 0. The summed E-state index contributed by atoms with van der Waals surface area (Å²) in [7, 11) is 0. The minimum absolute atomic E-state index is 1.06. The van der Waals surface area contributed by atoms with Crippen LogP contribution < -0.4 is 0 Å². The summed E-state index contributed by atoms with van der Waals surface area (Å²) in [4.78, 5) is 1.30. The van der Waals surface area contributed by atoms with E-state index < -0.39 is 0 Å². The molecule has 1 rings (SSSR count). The lowest BCUT2D eigenvalue weighted by atomic mass is 10.3. The van der Waals surface area contributed by atoms with Gasteiger partial charge >= 0.3 is 0 Å². The minimum Gasteiger partial charge on any atom is -0.143 e. The highest BCUT2D eigenvalue weighted by Gasteiger charge is 1.96. The Morgan fingerprint density at radius 3 is 2.62 bits per heavy atom. The molecular weight excluding hydrogens is 120 g/mol. The van der Waals surface area contributed by atoms with Gasteiger partial charge in [-0.2, -0.15) is 0 Å². The van der Waals surface area contributed by atoms with Gasteiger partial charge in [0, 0.05) is 4.88 Å². The lowest BCUT2D eigenvalue weighted by molar-refractivity contribution is 1.05. The summed E-state index contributed by atoms with van der Waals surface area (Å²) in [6.07, 6.45) is 1.06. The van der Waals surface area contributed by atoms with Crippen molar-refractivity contribution in [2.75, 3.05) is 0 Å². The Morgan fingerprint density at radius 2 is 2.38 bits per heavy atom. The van der Waals surface area contributed by atoms with Gasteiger partial charge in [-0.1, -0.05) is 11.4 Å². The van der Waals surface area contributed by atoms with Gasteiger partial charge in [0.05, 0.1) is 5.69 Å². The lowest BCUT2D eigenvalue weighted by Crippen LogP contribution is -1.77. The zero-order valence-electron chi connectivity index (χ0n) is 5.01. The maximum atomic E-state index is 3.86. The van der Waals surface area contributed by atoms with Crippen LogP contribution in [0, 0.1) is 6.92 Å². The van der Waals surface area contributed by atoms with Crippen molar-refractivity contribution in [2.24, 2.45) is 0 Å². The number of hydrogen-bond acceptors (Lipinski definition) is 3. The van der Waals surface area contributed by atoms with Gasteiger partial charge in [0.2, 0.25) is 0 Å². The van der Waals surface area contributed by atoms with Crippen molar-refractivity contribution in [3.05, 3.63) is 10.6 Å². The van der Waals surface area contributed by atoms with Crippen LogP contribution >= 0.6 is 11.5 Å². The third-order valence-corrected chi connectivity index (χ3v) is 2.03. The quantitative estimate of drug-likeness (QED) is 0.571. The first-order valence-corrected chi connectivity index (χ1v) is 3.39. The molecular formula is C5H8N2S. The molecule has 0 aromatic carbocycles. The van der Waals surface area contributed by atoms with E-state index in [1.165, 1.54) is 16.4 Å². The van der Waals surface area contributed by atoms with Crippen LogP contribution in [0.25, 0.3) is 0 Å². The molecule has 3 heteroatoms. The van der Waals surface area contributed by atoms with E-state index in [0.29, 0.717) is 0 Å². The van der Waals surface area contributed by atoms with Crippen LogP contribution in [0.15, 0.2) is 0 Å². The van der Waals surface area contributed by atoms with Crippen molar-refractivity contribution >= 4 is 11.5 Å². The van der Waals surface area contributed by atoms with E-state index in [1.54, 1.807) is 0 Å². The fourth-order valence-corrected chi connectivity index (χ4v) is 1.14. The fraction of sp³-hybridized carbons (Fsp3) is 0.600.